The first-order valence-corrected chi connectivity index (χ1v) is 9.95. The fraction of sp³-hybridized carbons (Fsp3) is 0.115. The molecule has 0 aliphatic carbocycles. The maximum Gasteiger partial charge on any atom is 0.150 e. The van der Waals surface area contributed by atoms with E-state index in [1.807, 2.05) is 24.3 Å². The van der Waals surface area contributed by atoms with Gasteiger partial charge >= 0.3 is 0 Å². The summed E-state index contributed by atoms with van der Waals surface area (Å²) in [7, 11) is 0. The van der Waals surface area contributed by atoms with Crippen molar-refractivity contribution in [3.05, 3.63) is 78.4 Å². The number of hydrogen-bond acceptors (Lipinski definition) is 4. The molecule has 0 saturated heterocycles. The number of carbonyl (C=O) groups is 1. The van der Waals surface area contributed by atoms with E-state index in [1.165, 1.54) is 0 Å². The van der Waals surface area contributed by atoms with Gasteiger partial charge in [0.15, 0.2) is 6.29 Å². The normalized spacial score (nSPS) is 11.3. The quantitative estimate of drug-likeness (QED) is 0.210. The number of rotatable bonds is 7. The molecule has 0 atom stereocenters. The summed E-state index contributed by atoms with van der Waals surface area (Å²) in [6.07, 6.45) is 1.65. The molecule has 0 fully saturated rings. The first-order valence-electron chi connectivity index (χ1n) is 9.95. The molecule has 0 aliphatic rings. The van der Waals surface area contributed by atoms with Crippen LogP contribution in [0.4, 0.5) is 0 Å². The number of aldehydes is 1. The summed E-state index contributed by atoms with van der Waals surface area (Å²) in [4.78, 5) is 11.5. The summed E-state index contributed by atoms with van der Waals surface area (Å²) in [5, 5.41) is 15.8. The predicted octanol–water partition coefficient (Wildman–Crippen LogP) is 5.95. The molecular formula is C26H20O4. The number of benzene rings is 5. The van der Waals surface area contributed by atoms with Crippen LogP contribution >= 0.6 is 0 Å². The van der Waals surface area contributed by atoms with Gasteiger partial charge in [-0.1, -0.05) is 36.4 Å². The van der Waals surface area contributed by atoms with Gasteiger partial charge in [0.2, 0.25) is 0 Å². The molecule has 148 valence electrons. The monoisotopic (exact) mass is 396 g/mol. The standard InChI is InChI=1S/C26H20O4/c27-16-19-3-2-17-5-12-23-24(13-6-18-4-11-22(19)25(17)26(18)23)30-15-1-14-29-21-9-7-20(28)8-10-21/h2-13,16,28H,1,14-15H2. The lowest BCUT2D eigenvalue weighted by atomic mass is 9.92. The summed E-state index contributed by atoms with van der Waals surface area (Å²) in [5.74, 6) is 1.78. The minimum Gasteiger partial charge on any atom is -0.508 e. The van der Waals surface area contributed by atoms with Crippen molar-refractivity contribution in [2.75, 3.05) is 13.2 Å². The molecule has 1 N–H and O–H groups in total. The van der Waals surface area contributed by atoms with E-state index in [-0.39, 0.29) is 5.75 Å². The third-order valence-electron chi connectivity index (χ3n) is 5.44. The lowest BCUT2D eigenvalue weighted by Gasteiger charge is -2.15. The molecule has 0 saturated carbocycles. The third-order valence-corrected chi connectivity index (χ3v) is 5.44. The molecule has 0 radical (unpaired) electrons. The molecule has 0 spiro atoms. The van der Waals surface area contributed by atoms with Crippen molar-refractivity contribution in [1.82, 2.24) is 0 Å². The fourth-order valence-electron chi connectivity index (χ4n) is 4.00. The van der Waals surface area contributed by atoms with Crippen LogP contribution in [0, 0.1) is 0 Å². The largest absolute Gasteiger partial charge is 0.508 e. The van der Waals surface area contributed by atoms with E-state index in [2.05, 4.69) is 24.3 Å². The Morgan fingerprint density at radius 2 is 1.33 bits per heavy atom. The van der Waals surface area contributed by atoms with Crippen LogP contribution in [0.15, 0.2) is 72.8 Å². The van der Waals surface area contributed by atoms with Crippen molar-refractivity contribution in [2.45, 2.75) is 6.42 Å². The second-order valence-corrected chi connectivity index (χ2v) is 7.30. The van der Waals surface area contributed by atoms with Crippen LogP contribution in [-0.4, -0.2) is 24.6 Å². The Morgan fingerprint density at radius 1 is 0.700 bits per heavy atom. The molecule has 5 aromatic rings. The Bertz CT molecular complexity index is 1340. The van der Waals surface area contributed by atoms with Crippen LogP contribution in [0.3, 0.4) is 0 Å². The molecule has 5 aromatic carbocycles. The van der Waals surface area contributed by atoms with E-state index < -0.39 is 0 Å². The molecule has 0 bridgehead atoms. The summed E-state index contributed by atoms with van der Waals surface area (Å²) in [6.45, 7) is 1.06. The highest BCUT2D eigenvalue weighted by molar-refractivity contribution is 6.26. The SMILES string of the molecule is O=Cc1ccc2ccc3c(OCCCOc4ccc(O)cc4)ccc4ccc1c2c43. The van der Waals surface area contributed by atoms with Crippen LogP contribution in [0.5, 0.6) is 17.2 Å². The van der Waals surface area contributed by atoms with E-state index in [4.69, 9.17) is 9.47 Å². The second kappa shape index (κ2) is 7.56. The molecule has 4 nitrogen and oxygen atoms in total. The molecule has 5 rings (SSSR count). The van der Waals surface area contributed by atoms with Crippen molar-refractivity contribution >= 4 is 38.6 Å². The van der Waals surface area contributed by atoms with Crippen LogP contribution < -0.4 is 9.47 Å². The number of aromatic hydroxyl groups is 1. The zero-order chi connectivity index (χ0) is 20.5. The maximum absolute atomic E-state index is 11.5. The van der Waals surface area contributed by atoms with Gasteiger partial charge in [-0.2, -0.15) is 0 Å². The fourth-order valence-corrected chi connectivity index (χ4v) is 4.00. The Kier molecular flexibility index (Phi) is 4.60. The van der Waals surface area contributed by atoms with E-state index in [0.29, 0.717) is 18.8 Å². The Labute approximate surface area is 173 Å². The number of phenolic OH excluding ortho intramolecular Hbond substituents is 1. The molecule has 0 heterocycles. The molecule has 4 heteroatoms. The summed E-state index contributed by atoms with van der Waals surface area (Å²) in [6, 6.07) is 22.9. The zero-order valence-corrected chi connectivity index (χ0v) is 16.3. The van der Waals surface area contributed by atoms with Crippen LogP contribution in [0.2, 0.25) is 0 Å². The molecule has 0 unspecified atom stereocenters. The van der Waals surface area contributed by atoms with Gasteiger partial charge in [-0.25, -0.2) is 0 Å². The van der Waals surface area contributed by atoms with Gasteiger partial charge < -0.3 is 14.6 Å². The summed E-state index contributed by atoms with van der Waals surface area (Å²) < 4.78 is 11.8. The highest BCUT2D eigenvalue weighted by atomic mass is 16.5. The van der Waals surface area contributed by atoms with E-state index in [1.54, 1.807) is 24.3 Å². The van der Waals surface area contributed by atoms with Gasteiger partial charge in [-0.15, -0.1) is 0 Å². The van der Waals surface area contributed by atoms with Gasteiger partial charge in [0.05, 0.1) is 13.2 Å². The van der Waals surface area contributed by atoms with E-state index in [0.717, 1.165) is 56.5 Å². The second-order valence-electron chi connectivity index (χ2n) is 7.30. The van der Waals surface area contributed by atoms with Crippen LogP contribution in [-0.2, 0) is 0 Å². The maximum atomic E-state index is 11.5. The molecule has 0 amide bonds. The predicted molar refractivity (Wildman–Crippen MR) is 119 cm³/mol. The smallest absolute Gasteiger partial charge is 0.150 e. The van der Waals surface area contributed by atoms with E-state index >= 15 is 0 Å². The molecule has 0 aliphatic heterocycles. The van der Waals surface area contributed by atoms with Crippen LogP contribution in [0.25, 0.3) is 32.3 Å². The molecule has 0 aromatic heterocycles. The average Bonchev–Trinajstić information content (AvgIpc) is 2.79. The van der Waals surface area contributed by atoms with Gasteiger partial charge in [0, 0.05) is 22.8 Å². The van der Waals surface area contributed by atoms with Gasteiger partial charge in [0.1, 0.15) is 17.2 Å². The average molecular weight is 396 g/mol. The van der Waals surface area contributed by atoms with E-state index in [9.17, 15) is 9.90 Å². The first-order chi connectivity index (χ1) is 14.7. The Hall–Kier alpha value is -3.79. The molecule has 30 heavy (non-hydrogen) atoms. The van der Waals surface area contributed by atoms with Crippen molar-refractivity contribution in [3.8, 4) is 17.2 Å². The molecular weight excluding hydrogens is 376 g/mol. The summed E-state index contributed by atoms with van der Waals surface area (Å²) >= 11 is 0. The van der Waals surface area contributed by atoms with Crippen molar-refractivity contribution in [1.29, 1.82) is 0 Å². The third kappa shape index (κ3) is 3.16. The highest BCUT2D eigenvalue weighted by Crippen LogP contribution is 2.39. The summed E-state index contributed by atoms with van der Waals surface area (Å²) in [5.41, 5.74) is 0.703. The minimum absolute atomic E-state index is 0.222. The number of phenols is 1. The van der Waals surface area contributed by atoms with Crippen molar-refractivity contribution < 1.29 is 19.4 Å². The Balaban J connectivity index is 1.38. The van der Waals surface area contributed by atoms with Crippen molar-refractivity contribution in [3.63, 3.8) is 0 Å². The number of carbonyl (C=O) groups excluding carboxylic acids is 1. The lowest BCUT2D eigenvalue weighted by Crippen LogP contribution is -2.05. The lowest BCUT2D eigenvalue weighted by molar-refractivity contribution is 0.112. The number of hydrogen-bond donors (Lipinski definition) is 1. The van der Waals surface area contributed by atoms with Crippen molar-refractivity contribution in [2.24, 2.45) is 0 Å². The number of ether oxygens (including phenoxy) is 2. The Morgan fingerprint density at radius 3 is 2.10 bits per heavy atom. The van der Waals surface area contributed by atoms with Gasteiger partial charge in [0.25, 0.3) is 0 Å². The zero-order valence-electron chi connectivity index (χ0n) is 16.3. The topological polar surface area (TPSA) is 55.8 Å². The first kappa shape index (κ1) is 18.3. The van der Waals surface area contributed by atoms with Gasteiger partial charge in [-0.3, -0.25) is 4.79 Å². The minimum atomic E-state index is 0.222. The van der Waals surface area contributed by atoms with Gasteiger partial charge in [-0.05, 0) is 57.9 Å². The van der Waals surface area contributed by atoms with Crippen LogP contribution in [0.1, 0.15) is 16.8 Å². The highest BCUT2D eigenvalue weighted by Gasteiger charge is 2.13.